The number of aromatic amines is 1. The number of fused-ring (bicyclic) bond motifs is 1. The fourth-order valence-corrected chi connectivity index (χ4v) is 1.61. The number of hydrogen-bond donors (Lipinski definition) is 2. The highest BCUT2D eigenvalue weighted by molar-refractivity contribution is 5.44. The summed E-state index contributed by atoms with van der Waals surface area (Å²) in [4.78, 5) is 11.4. The van der Waals surface area contributed by atoms with Crippen molar-refractivity contribution in [2.45, 2.75) is 39.2 Å². The summed E-state index contributed by atoms with van der Waals surface area (Å²) in [5.74, 6) is 0.687. The van der Waals surface area contributed by atoms with E-state index < -0.39 is 0 Å². The van der Waals surface area contributed by atoms with Gasteiger partial charge in [0.25, 0.3) is 0 Å². The van der Waals surface area contributed by atoms with Gasteiger partial charge in [-0.3, -0.25) is 0 Å². The largest absolute Gasteiger partial charge is 0.364 e. The van der Waals surface area contributed by atoms with E-state index in [9.17, 15) is 4.79 Å². The second kappa shape index (κ2) is 4.20. The van der Waals surface area contributed by atoms with Gasteiger partial charge in [0.2, 0.25) is 0 Å². The van der Waals surface area contributed by atoms with E-state index in [4.69, 9.17) is 0 Å². The Hall–Kier alpha value is -1.85. The molecule has 0 spiro atoms. The zero-order valence-corrected chi connectivity index (χ0v) is 10.3. The molecule has 0 atom stereocenters. The first-order valence-electron chi connectivity index (χ1n) is 5.80. The van der Waals surface area contributed by atoms with Crippen molar-refractivity contribution >= 4 is 11.5 Å². The van der Waals surface area contributed by atoms with Gasteiger partial charge in [0, 0.05) is 5.54 Å². The zero-order chi connectivity index (χ0) is 12.5. The first-order chi connectivity index (χ1) is 8.08. The van der Waals surface area contributed by atoms with Gasteiger partial charge in [0.05, 0.1) is 0 Å². The summed E-state index contributed by atoms with van der Waals surface area (Å²) in [5, 5.41) is 13.8. The van der Waals surface area contributed by atoms with Crippen molar-refractivity contribution in [1.29, 1.82) is 0 Å². The molecule has 2 aromatic heterocycles. The van der Waals surface area contributed by atoms with Crippen LogP contribution in [-0.4, -0.2) is 25.4 Å². The topological polar surface area (TPSA) is 75.1 Å². The van der Waals surface area contributed by atoms with E-state index in [1.54, 1.807) is 6.07 Å². The second-order valence-electron chi connectivity index (χ2n) is 4.41. The maximum Gasteiger partial charge on any atom is 0.364 e. The van der Waals surface area contributed by atoms with Crippen LogP contribution in [0.5, 0.6) is 0 Å². The Kier molecular flexibility index (Phi) is 2.87. The van der Waals surface area contributed by atoms with Crippen LogP contribution in [0.2, 0.25) is 0 Å². The Balaban J connectivity index is 2.36. The number of nitrogens with zero attached hydrogens (tertiary/aromatic N) is 3. The highest BCUT2D eigenvalue weighted by Gasteiger charge is 2.19. The van der Waals surface area contributed by atoms with Gasteiger partial charge in [0.15, 0.2) is 5.65 Å². The van der Waals surface area contributed by atoms with Crippen LogP contribution in [0.4, 0.5) is 5.82 Å². The van der Waals surface area contributed by atoms with Gasteiger partial charge >= 0.3 is 5.69 Å². The molecule has 0 aromatic carbocycles. The van der Waals surface area contributed by atoms with E-state index >= 15 is 0 Å². The molecule has 0 aliphatic heterocycles. The molecule has 0 saturated heterocycles. The molecule has 17 heavy (non-hydrogen) atoms. The van der Waals surface area contributed by atoms with Gasteiger partial charge in [-0.1, -0.05) is 13.8 Å². The van der Waals surface area contributed by atoms with Crippen LogP contribution >= 0.6 is 0 Å². The zero-order valence-electron chi connectivity index (χ0n) is 10.3. The van der Waals surface area contributed by atoms with Crippen molar-refractivity contribution in [3.63, 3.8) is 0 Å². The summed E-state index contributed by atoms with van der Waals surface area (Å²) in [6.45, 7) is 6.38. The predicted octanol–water partition coefficient (Wildman–Crippen LogP) is 1.41. The fourth-order valence-electron chi connectivity index (χ4n) is 1.61. The molecule has 0 bridgehead atoms. The minimum absolute atomic E-state index is 0.00593. The van der Waals surface area contributed by atoms with Crippen LogP contribution in [0.15, 0.2) is 16.9 Å². The molecule has 2 rings (SSSR count). The molecule has 2 N–H and O–H groups in total. The standard InChI is InChI=1S/C11H17N5O/c1-4-11(3,5-2)12-8-6-7-9-13-14-10(17)16(9)15-8/h6-7H,4-5H2,1-3H3,(H,12,15)(H,14,17). The molecule has 0 fully saturated rings. The minimum atomic E-state index is -0.321. The Bertz CT molecular complexity index is 566. The van der Waals surface area contributed by atoms with E-state index in [1.165, 1.54) is 4.52 Å². The number of anilines is 1. The fraction of sp³-hybridized carbons (Fsp3) is 0.545. The van der Waals surface area contributed by atoms with Crippen LogP contribution in [0.3, 0.4) is 0 Å². The maximum absolute atomic E-state index is 11.4. The number of rotatable bonds is 4. The van der Waals surface area contributed by atoms with Gasteiger partial charge < -0.3 is 5.32 Å². The quantitative estimate of drug-likeness (QED) is 0.840. The lowest BCUT2D eigenvalue weighted by atomic mass is 9.96. The van der Waals surface area contributed by atoms with E-state index in [0.29, 0.717) is 11.5 Å². The average Bonchev–Trinajstić information content (AvgIpc) is 2.71. The molecule has 0 unspecified atom stereocenters. The molecule has 2 aromatic rings. The summed E-state index contributed by atoms with van der Waals surface area (Å²) in [7, 11) is 0. The lowest BCUT2D eigenvalue weighted by Gasteiger charge is -2.28. The van der Waals surface area contributed by atoms with Crippen LogP contribution in [0.1, 0.15) is 33.6 Å². The van der Waals surface area contributed by atoms with Crippen LogP contribution in [-0.2, 0) is 0 Å². The molecule has 6 nitrogen and oxygen atoms in total. The van der Waals surface area contributed by atoms with Gasteiger partial charge in [-0.05, 0) is 31.9 Å². The smallest absolute Gasteiger partial charge is 0.363 e. The summed E-state index contributed by atoms with van der Waals surface area (Å²) >= 11 is 0. The van der Waals surface area contributed by atoms with Crippen molar-refractivity contribution in [3.8, 4) is 0 Å². The van der Waals surface area contributed by atoms with Crippen molar-refractivity contribution in [2.24, 2.45) is 0 Å². The lowest BCUT2D eigenvalue weighted by Crippen LogP contribution is -2.33. The summed E-state index contributed by atoms with van der Waals surface area (Å²) < 4.78 is 1.26. The first kappa shape index (κ1) is 11.6. The third-order valence-electron chi connectivity index (χ3n) is 3.26. The maximum atomic E-state index is 11.4. The molecular formula is C11H17N5O. The van der Waals surface area contributed by atoms with Crippen molar-refractivity contribution in [2.75, 3.05) is 5.32 Å². The molecule has 0 aliphatic carbocycles. The molecule has 0 saturated carbocycles. The van der Waals surface area contributed by atoms with Crippen LogP contribution in [0.25, 0.3) is 5.65 Å². The normalized spacial score (nSPS) is 11.9. The summed E-state index contributed by atoms with van der Waals surface area (Å²) in [5.41, 5.74) is 0.196. The minimum Gasteiger partial charge on any atom is -0.363 e. The summed E-state index contributed by atoms with van der Waals surface area (Å²) in [6, 6.07) is 3.60. The van der Waals surface area contributed by atoms with Crippen molar-refractivity contribution in [1.82, 2.24) is 19.8 Å². The van der Waals surface area contributed by atoms with Crippen LogP contribution in [0, 0.1) is 0 Å². The van der Waals surface area contributed by atoms with Gasteiger partial charge in [-0.2, -0.15) is 9.61 Å². The van der Waals surface area contributed by atoms with E-state index in [-0.39, 0.29) is 11.2 Å². The van der Waals surface area contributed by atoms with E-state index in [1.807, 2.05) is 6.07 Å². The van der Waals surface area contributed by atoms with Crippen LogP contribution < -0.4 is 11.0 Å². The number of hydrogen-bond acceptors (Lipinski definition) is 4. The monoisotopic (exact) mass is 235 g/mol. The third-order valence-corrected chi connectivity index (χ3v) is 3.26. The highest BCUT2D eigenvalue weighted by Crippen LogP contribution is 2.19. The van der Waals surface area contributed by atoms with E-state index in [2.05, 4.69) is 41.4 Å². The number of H-pyrrole nitrogens is 1. The number of nitrogens with one attached hydrogen (secondary N) is 2. The highest BCUT2D eigenvalue weighted by atomic mass is 16.2. The Morgan fingerprint density at radius 1 is 1.41 bits per heavy atom. The van der Waals surface area contributed by atoms with E-state index in [0.717, 1.165) is 12.8 Å². The molecule has 92 valence electrons. The molecule has 0 aliphatic rings. The van der Waals surface area contributed by atoms with Gasteiger partial charge in [-0.15, -0.1) is 5.10 Å². The molecule has 0 radical (unpaired) electrons. The second-order valence-corrected chi connectivity index (χ2v) is 4.41. The number of aromatic nitrogens is 4. The van der Waals surface area contributed by atoms with Crippen molar-refractivity contribution < 1.29 is 0 Å². The Labute approximate surface area is 99.0 Å². The third kappa shape index (κ3) is 2.15. The predicted molar refractivity (Wildman–Crippen MR) is 66.2 cm³/mol. The molecule has 6 heteroatoms. The Morgan fingerprint density at radius 2 is 2.12 bits per heavy atom. The first-order valence-corrected chi connectivity index (χ1v) is 5.80. The van der Waals surface area contributed by atoms with Crippen molar-refractivity contribution in [3.05, 3.63) is 22.6 Å². The average molecular weight is 235 g/mol. The Morgan fingerprint density at radius 3 is 2.76 bits per heavy atom. The van der Waals surface area contributed by atoms with Gasteiger partial charge in [0.1, 0.15) is 5.82 Å². The summed E-state index contributed by atoms with van der Waals surface area (Å²) in [6.07, 6.45) is 1.98. The molecule has 2 heterocycles. The lowest BCUT2D eigenvalue weighted by molar-refractivity contribution is 0.475. The van der Waals surface area contributed by atoms with Gasteiger partial charge in [-0.25, -0.2) is 9.89 Å². The SMILES string of the molecule is CCC(C)(CC)Nc1ccc2n[nH]c(=O)n2n1. The molecule has 0 amide bonds. The molecular weight excluding hydrogens is 218 g/mol.